The number of hydrogen-bond donors (Lipinski definition) is 2. The molecule has 0 unspecified atom stereocenters. The summed E-state index contributed by atoms with van der Waals surface area (Å²) in [6.07, 6.45) is 1.49. The third kappa shape index (κ3) is 6.95. The largest absolute Gasteiger partial charge is 0.496 e. The fourth-order valence-electron chi connectivity index (χ4n) is 2.99. The van der Waals surface area contributed by atoms with Crippen LogP contribution >= 0.6 is 22.6 Å². The summed E-state index contributed by atoms with van der Waals surface area (Å²) in [4.78, 5) is 24.3. The van der Waals surface area contributed by atoms with Crippen molar-refractivity contribution in [3.8, 4) is 17.2 Å². The van der Waals surface area contributed by atoms with Gasteiger partial charge in [0.2, 0.25) is 0 Å². The van der Waals surface area contributed by atoms with Crippen LogP contribution in [0.5, 0.6) is 17.2 Å². The third-order valence-electron chi connectivity index (χ3n) is 4.64. The summed E-state index contributed by atoms with van der Waals surface area (Å²) < 4.78 is 17.4. The van der Waals surface area contributed by atoms with E-state index in [2.05, 4.69) is 38.4 Å². The molecule has 0 aromatic heterocycles. The number of nitrogens with one attached hydrogen (secondary N) is 2. The van der Waals surface area contributed by atoms with E-state index in [4.69, 9.17) is 14.2 Å². The van der Waals surface area contributed by atoms with Crippen LogP contribution in [0.4, 0.5) is 0 Å². The van der Waals surface area contributed by atoms with Crippen molar-refractivity contribution in [2.75, 3.05) is 20.8 Å². The van der Waals surface area contributed by atoms with Crippen molar-refractivity contribution in [1.82, 2.24) is 10.7 Å². The highest BCUT2D eigenvalue weighted by Gasteiger charge is 2.13. The molecule has 0 heterocycles. The van der Waals surface area contributed by atoms with Gasteiger partial charge >= 0.3 is 0 Å². The molecule has 0 radical (unpaired) electrons. The Balaban J connectivity index is 1.55. The third-order valence-corrected chi connectivity index (χ3v) is 5.44. The minimum Gasteiger partial charge on any atom is -0.496 e. The van der Waals surface area contributed by atoms with Gasteiger partial charge in [-0.3, -0.25) is 9.59 Å². The van der Waals surface area contributed by atoms with Gasteiger partial charge in [-0.15, -0.1) is 0 Å². The standard InChI is InChI=1S/C25H24IN3O5/c1-32-21-11-7-6-10-19(21)25(31)27-15-23(30)29-28-14-18-12-20(26)24(22(13-18)33-2)34-16-17-8-4-3-5-9-17/h3-14H,15-16H2,1-2H3,(H,27,31)(H,29,30). The Bertz CT molecular complexity index is 1170. The predicted molar refractivity (Wildman–Crippen MR) is 138 cm³/mol. The average molecular weight is 573 g/mol. The number of para-hydroxylation sites is 1. The fraction of sp³-hybridized carbons (Fsp3) is 0.160. The van der Waals surface area contributed by atoms with Crippen LogP contribution in [0, 0.1) is 3.57 Å². The summed E-state index contributed by atoms with van der Waals surface area (Å²) in [7, 11) is 3.04. The molecule has 8 nitrogen and oxygen atoms in total. The van der Waals surface area contributed by atoms with E-state index >= 15 is 0 Å². The quantitative estimate of drug-likeness (QED) is 0.219. The lowest BCUT2D eigenvalue weighted by atomic mass is 10.2. The second-order valence-corrected chi connectivity index (χ2v) is 8.15. The lowest BCUT2D eigenvalue weighted by molar-refractivity contribution is -0.120. The van der Waals surface area contributed by atoms with E-state index in [9.17, 15) is 9.59 Å². The lowest BCUT2D eigenvalue weighted by Gasteiger charge is -2.13. The van der Waals surface area contributed by atoms with Crippen LogP contribution in [-0.4, -0.2) is 38.8 Å². The molecule has 0 aliphatic carbocycles. The van der Waals surface area contributed by atoms with E-state index in [0.717, 1.165) is 9.13 Å². The van der Waals surface area contributed by atoms with Crippen LogP contribution in [0.2, 0.25) is 0 Å². The number of nitrogens with zero attached hydrogens (tertiary/aromatic N) is 1. The number of amides is 2. The molecule has 2 N–H and O–H groups in total. The molecule has 0 saturated heterocycles. The molecular weight excluding hydrogens is 549 g/mol. The van der Waals surface area contributed by atoms with Crippen molar-refractivity contribution >= 4 is 40.6 Å². The minimum absolute atomic E-state index is 0.235. The number of rotatable bonds is 10. The highest BCUT2D eigenvalue weighted by atomic mass is 127. The van der Waals surface area contributed by atoms with Gasteiger partial charge in [-0.05, 0) is 58.0 Å². The molecular formula is C25H24IN3O5. The highest BCUT2D eigenvalue weighted by molar-refractivity contribution is 14.1. The van der Waals surface area contributed by atoms with Crippen molar-refractivity contribution in [1.29, 1.82) is 0 Å². The molecule has 0 spiro atoms. The molecule has 0 fully saturated rings. The first kappa shape index (κ1) is 25.0. The number of carbonyl (C=O) groups is 2. The molecule has 0 aliphatic rings. The first-order chi connectivity index (χ1) is 16.5. The average Bonchev–Trinajstić information content (AvgIpc) is 2.86. The van der Waals surface area contributed by atoms with Crippen LogP contribution in [-0.2, 0) is 11.4 Å². The molecule has 3 aromatic carbocycles. The maximum atomic E-state index is 12.3. The first-order valence-electron chi connectivity index (χ1n) is 10.3. The smallest absolute Gasteiger partial charge is 0.259 e. The fourth-order valence-corrected chi connectivity index (χ4v) is 3.77. The predicted octanol–water partition coefficient (Wildman–Crippen LogP) is 3.77. The minimum atomic E-state index is -0.469. The van der Waals surface area contributed by atoms with Gasteiger partial charge < -0.3 is 19.5 Å². The summed E-state index contributed by atoms with van der Waals surface area (Å²) >= 11 is 2.16. The molecule has 9 heteroatoms. The molecule has 3 rings (SSSR count). The molecule has 176 valence electrons. The van der Waals surface area contributed by atoms with Crippen LogP contribution < -0.4 is 25.0 Å². The van der Waals surface area contributed by atoms with Crippen LogP contribution in [0.25, 0.3) is 0 Å². The van der Waals surface area contributed by atoms with Crippen molar-refractivity contribution in [2.45, 2.75) is 6.61 Å². The molecule has 0 saturated carbocycles. The Labute approximate surface area is 211 Å². The summed E-state index contributed by atoms with van der Waals surface area (Å²) in [5.74, 6) is 0.732. The zero-order chi connectivity index (χ0) is 24.3. The number of hydrogen-bond acceptors (Lipinski definition) is 6. The van der Waals surface area contributed by atoms with E-state index in [1.165, 1.54) is 13.3 Å². The molecule has 3 aromatic rings. The van der Waals surface area contributed by atoms with Crippen LogP contribution in [0.1, 0.15) is 21.5 Å². The van der Waals surface area contributed by atoms with Gasteiger partial charge in [0.05, 0.1) is 36.1 Å². The van der Waals surface area contributed by atoms with Gasteiger partial charge in [0, 0.05) is 0 Å². The lowest BCUT2D eigenvalue weighted by Crippen LogP contribution is -2.35. The monoisotopic (exact) mass is 573 g/mol. The van der Waals surface area contributed by atoms with Gasteiger partial charge in [-0.25, -0.2) is 5.43 Å². The van der Waals surface area contributed by atoms with Gasteiger partial charge in [-0.2, -0.15) is 5.10 Å². The van der Waals surface area contributed by atoms with E-state index in [1.807, 2.05) is 36.4 Å². The maximum Gasteiger partial charge on any atom is 0.259 e. The summed E-state index contributed by atoms with van der Waals surface area (Å²) in [6.45, 7) is 0.179. The molecule has 2 amide bonds. The Hall–Kier alpha value is -3.60. The van der Waals surface area contributed by atoms with E-state index in [-0.39, 0.29) is 6.54 Å². The maximum absolute atomic E-state index is 12.3. The van der Waals surface area contributed by atoms with E-state index < -0.39 is 11.8 Å². The van der Waals surface area contributed by atoms with Gasteiger partial charge in [-0.1, -0.05) is 42.5 Å². The Kier molecular flexibility index (Phi) is 9.27. The highest BCUT2D eigenvalue weighted by Crippen LogP contribution is 2.34. The number of benzene rings is 3. The normalized spacial score (nSPS) is 10.6. The molecule has 0 aliphatic heterocycles. The van der Waals surface area contributed by atoms with E-state index in [1.54, 1.807) is 37.4 Å². The van der Waals surface area contributed by atoms with Crippen LogP contribution in [0.3, 0.4) is 0 Å². The topological polar surface area (TPSA) is 98.2 Å². The summed E-state index contributed by atoms with van der Waals surface area (Å²) in [5.41, 5.74) is 4.50. The number of hydrazone groups is 1. The zero-order valence-electron chi connectivity index (χ0n) is 18.7. The Morgan fingerprint density at radius 1 is 0.971 bits per heavy atom. The second kappa shape index (κ2) is 12.6. The van der Waals surface area contributed by atoms with Crippen molar-refractivity contribution in [2.24, 2.45) is 5.10 Å². The molecule has 34 heavy (non-hydrogen) atoms. The van der Waals surface area contributed by atoms with Gasteiger partial charge in [0.15, 0.2) is 11.5 Å². The number of ether oxygens (including phenoxy) is 3. The summed E-state index contributed by atoms with van der Waals surface area (Å²) in [5, 5.41) is 6.51. The first-order valence-corrected chi connectivity index (χ1v) is 11.4. The molecule has 0 bridgehead atoms. The summed E-state index contributed by atoms with van der Waals surface area (Å²) in [6, 6.07) is 20.2. The zero-order valence-corrected chi connectivity index (χ0v) is 20.9. The SMILES string of the molecule is COc1ccccc1C(=O)NCC(=O)NN=Cc1cc(I)c(OCc2ccccc2)c(OC)c1. The Morgan fingerprint density at radius 2 is 1.68 bits per heavy atom. The molecule has 0 atom stereocenters. The van der Waals surface area contributed by atoms with Crippen molar-refractivity contribution in [3.05, 3.63) is 87.0 Å². The van der Waals surface area contributed by atoms with Crippen molar-refractivity contribution < 1.29 is 23.8 Å². The number of halogens is 1. The van der Waals surface area contributed by atoms with Crippen LogP contribution in [0.15, 0.2) is 71.8 Å². The van der Waals surface area contributed by atoms with E-state index in [0.29, 0.717) is 35.0 Å². The Morgan fingerprint density at radius 3 is 2.41 bits per heavy atom. The number of methoxy groups -OCH3 is 2. The van der Waals surface area contributed by atoms with Gasteiger partial charge in [0.1, 0.15) is 12.4 Å². The van der Waals surface area contributed by atoms with Crippen molar-refractivity contribution in [3.63, 3.8) is 0 Å². The van der Waals surface area contributed by atoms with Gasteiger partial charge in [0.25, 0.3) is 11.8 Å². The second-order valence-electron chi connectivity index (χ2n) is 6.98. The number of carbonyl (C=O) groups excluding carboxylic acids is 2.